The number of nitrogens with zero attached hydrogens (tertiary/aromatic N) is 4. The number of amides is 1. The van der Waals surface area contributed by atoms with Gasteiger partial charge in [-0.1, -0.05) is 6.92 Å². The van der Waals surface area contributed by atoms with Crippen LogP contribution in [0, 0.1) is 5.92 Å². The second kappa shape index (κ2) is 7.33. The summed E-state index contributed by atoms with van der Waals surface area (Å²) >= 11 is 0. The Bertz CT molecular complexity index is 455. The van der Waals surface area contributed by atoms with Crippen molar-refractivity contribution in [3.05, 3.63) is 17.8 Å². The largest absolute Gasteiger partial charge is 0.354 e. The lowest BCUT2D eigenvalue weighted by Gasteiger charge is -2.36. The fraction of sp³-hybridized carbons (Fsp3) is 0.643. The Balaban J connectivity index is 1.88. The molecule has 1 saturated heterocycles. The number of carbonyl (C=O) groups excluding carboxylic acids is 1. The molecule has 2 rings (SSSR count). The summed E-state index contributed by atoms with van der Waals surface area (Å²) in [7, 11) is 1.58. The normalized spacial score (nSPS) is 17.6. The van der Waals surface area contributed by atoms with Crippen molar-refractivity contribution in [1.29, 1.82) is 0 Å². The highest BCUT2D eigenvalue weighted by molar-refractivity contribution is 5.91. The van der Waals surface area contributed by atoms with Gasteiger partial charge in [-0.2, -0.15) is 0 Å². The van der Waals surface area contributed by atoms with Crippen LogP contribution in [0.3, 0.4) is 0 Å². The predicted molar refractivity (Wildman–Crippen MR) is 82.3 cm³/mol. The van der Waals surface area contributed by atoms with Gasteiger partial charge in [-0.25, -0.2) is 0 Å². The van der Waals surface area contributed by atoms with Gasteiger partial charge in [0.1, 0.15) is 0 Å². The van der Waals surface area contributed by atoms with Crippen molar-refractivity contribution < 1.29 is 4.79 Å². The van der Waals surface area contributed by atoms with Crippen LogP contribution in [0.5, 0.6) is 0 Å². The molecule has 1 fully saturated rings. The highest BCUT2D eigenvalue weighted by Crippen LogP contribution is 2.13. The lowest BCUT2D eigenvalue weighted by Crippen LogP contribution is -2.48. The number of aromatic nitrogens is 2. The van der Waals surface area contributed by atoms with E-state index in [1.165, 1.54) is 0 Å². The van der Waals surface area contributed by atoms with Gasteiger partial charge in [0, 0.05) is 39.8 Å². The Morgan fingerprint density at radius 1 is 1.33 bits per heavy atom. The van der Waals surface area contributed by atoms with Crippen molar-refractivity contribution in [2.75, 3.05) is 51.2 Å². The van der Waals surface area contributed by atoms with Gasteiger partial charge < -0.3 is 16.0 Å². The van der Waals surface area contributed by atoms with E-state index >= 15 is 0 Å². The monoisotopic (exact) mass is 292 g/mol. The molecule has 0 radical (unpaired) electrons. The first-order chi connectivity index (χ1) is 10.1. The zero-order chi connectivity index (χ0) is 15.2. The first-order valence-electron chi connectivity index (χ1n) is 7.37. The Kier molecular flexibility index (Phi) is 5.46. The Morgan fingerprint density at radius 2 is 2.05 bits per heavy atom. The summed E-state index contributed by atoms with van der Waals surface area (Å²) < 4.78 is 0. The average Bonchev–Trinajstić information content (AvgIpc) is 2.55. The van der Waals surface area contributed by atoms with E-state index in [1.54, 1.807) is 13.1 Å². The summed E-state index contributed by atoms with van der Waals surface area (Å²) in [5.74, 6) is 1.15. The zero-order valence-electron chi connectivity index (χ0n) is 12.7. The van der Waals surface area contributed by atoms with Crippen molar-refractivity contribution in [2.24, 2.45) is 11.7 Å². The second-order valence-electron chi connectivity index (χ2n) is 5.48. The molecule has 7 nitrogen and oxygen atoms in total. The molecule has 2 heterocycles. The van der Waals surface area contributed by atoms with Gasteiger partial charge in [0.15, 0.2) is 11.5 Å². The van der Waals surface area contributed by atoms with Crippen molar-refractivity contribution >= 4 is 11.7 Å². The molecule has 0 spiro atoms. The van der Waals surface area contributed by atoms with Crippen LogP contribution in [0.25, 0.3) is 0 Å². The third kappa shape index (κ3) is 4.12. The first-order valence-corrected chi connectivity index (χ1v) is 7.37. The van der Waals surface area contributed by atoms with Crippen LogP contribution in [-0.2, 0) is 0 Å². The van der Waals surface area contributed by atoms with Crippen LogP contribution < -0.4 is 16.0 Å². The lowest BCUT2D eigenvalue weighted by atomic mass is 10.1. The fourth-order valence-electron chi connectivity index (χ4n) is 2.42. The molecule has 1 amide bonds. The molecule has 3 N–H and O–H groups in total. The molecule has 0 aliphatic carbocycles. The van der Waals surface area contributed by atoms with Gasteiger partial charge in [0.05, 0.1) is 0 Å². The lowest BCUT2D eigenvalue weighted by molar-refractivity contribution is 0.0957. The fourth-order valence-corrected chi connectivity index (χ4v) is 2.42. The number of anilines is 1. The van der Waals surface area contributed by atoms with Gasteiger partial charge in [-0.05, 0) is 24.6 Å². The Morgan fingerprint density at radius 3 is 2.57 bits per heavy atom. The standard InChI is InChI=1S/C14H24N6O/c1-11(9-15)10-19-5-7-20(8-6-19)13-4-3-12(17-18-13)14(21)16-2/h3-4,11H,5-10,15H2,1-2H3,(H,16,21). The average molecular weight is 292 g/mol. The summed E-state index contributed by atoms with van der Waals surface area (Å²) in [5.41, 5.74) is 6.01. The molecule has 1 atom stereocenters. The smallest absolute Gasteiger partial charge is 0.271 e. The Labute approximate surface area is 125 Å². The van der Waals surface area contributed by atoms with Crippen molar-refractivity contribution in [3.8, 4) is 0 Å². The summed E-state index contributed by atoms with van der Waals surface area (Å²) in [6.45, 7) is 7.80. The molecule has 0 bridgehead atoms. The maximum Gasteiger partial charge on any atom is 0.271 e. The highest BCUT2D eigenvalue weighted by Gasteiger charge is 2.19. The topological polar surface area (TPSA) is 87.4 Å². The molecule has 1 aliphatic heterocycles. The van der Waals surface area contributed by atoms with Gasteiger partial charge in [-0.3, -0.25) is 9.69 Å². The molecule has 1 aromatic heterocycles. The second-order valence-corrected chi connectivity index (χ2v) is 5.48. The summed E-state index contributed by atoms with van der Waals surface area (Å²) in [4.78, 5) is 16.1. The highest BCUT2D eigenvalue weighted by atomic mass is 16.1. The van der Waals surface area contributed by atoms with Gasteiger partial charge >= 0.3 is 0 Å². The van der Waals surface area contributed by atoms with Crippen LogP contribution in [-0.4, -0.2) is 67.3 Å². The molecule has 1 unspecified atom stereocenters. The Hall–Kier alpha value is -1.73. The minimum absolute atomic E-state index is 0.213. The minimum Gasteiger partial charge on any atom is -0.354 e. The van der Waals surface area contributed by atoms with Crippen LogP contribution in [0.1, 0.15) is 17.4 Å². The third-order valence-electron chi connectivity index (χ3n) is 3.78. The summed E-state index contributed by atoms with van der Waals surface area (Å²) in [5, 5.41) is 10.7. The van der Waals surface area contributed by atoms with E-state index in [-0.39, 0.29) is 5.91 Å². The van der Waals surface area contributed by atoms with Gasteiger partial charge in [-0.15, -0.1) is 10.2 Å². The van der Waals surface area contributed by atoms with E-state index in [4.69, 9.17) is 5.73 Å². The van der Waals surface area contributed by atoms with E-state index in [0.717, 1.165) is 45.1 Å². The van der Waals surface area contributed by atoms with Gasteiger partial charge in [0.25, 0.3) is 5.91 Å². The maximum absolute atomic E-state index is 11.4. The summed E-state index contributed by atoms with van der Waals surface area (Å²) in [6, 6.07) is 3.57. The summed E-state index contributed by atoms with van der Waals surface area (Å²) in [6.07, 6.45) is 0. The molecular weight excluding hydrogens is 268 g/mol. The SMILES string of the molecule is CNC(=O)c1ccc(N2CCN(CC(C)CN)CC2)nn1. The number of nitrogens with two attached hydrogens (primary N) is 1. The maximum atomic E-state index is 11.4. The first kappa shape index (κ1) is 15.7. The molecule has 0 saturated carbocycles. The molecular formula is C14H24N6O. The van der Waals surface area contributed by atoms with Crippen molar-refractivity contribution in [3.63, 3.8) is 0 Å². The number of nitrogens with one attached hydrogen (secondary N) is 1. The van der Waals surface area contributed by atoms with E-state index in [0.29, 0.717) is 11.6 Å². The number of hydrogen-bond donors (Lipinski definition) is 2. The van der Waals surface area contributed by atoms with Crippen LogP contribution in [0.2, 0.25) is 0 Å². The zero-order valence-corrected chi connectivity index (χ0v) is 12.7. The molecule has 0 aromatic carbocycles. The quantitative estimate of drug-likeness (QED) is 0.764. The number of hydrogen-bond acceptors (Lipinski definition) is 6. The van der Waals surface area contributed by atoms with Crippen molar-refractivity contribution in [2.45, 2.75) is 6.92 Å². The molecule has 1 aromatic rings. The number of rotatable bonds is 5. The molecule has 1 aliphatic rings. The number of piperazine rings is 1. The van der Waals surface area contributed by atoms with E-state index in [9.17, 15) is 4.79 Å². The van der Waals surface area contributed by atoms with Crippen molar-refractivity contribution in [1.82, 2.24) is 20.4 Å². The van der Waals surface area contributed by atoms with Gasteiger partial charge in [0.2, 0.25) is 0 Å². The van der Waals surface area contributed by atoms with E-state index in [1.807, 2.05) is 6.07 Å². The predicted octanol–water partition coefficient (Wildman–Crippen LogP) is -0.447. The van der Waals surface area contributed by atoms with Crippen LogP contribution in [0.4, 0.5) is 5.82 Å². The van der Waals surface area contributed by atoms with E-state index in [2.05, 4.69) is 32.2 Å². The molecule has 21 heavy (non-hydrogen) atoms. The van der Waals surface area contributed by atoms with E-state index < -0.39 is 0 Å². The molecule has 7 heteroatoms. The van der Waals surface area contributed by atoms with Crippen LogP contribution in [0.15, 0.2) is 12.1 Å². The van der Waals surface area contributed by atoms with Crippen LogP contribution >= 0.6 is 0 Å². The number of carbonyl (C=O) groups is 1. The minimum atomic E-state index is -0.213. The third-order valence-corrected chi connectivity index (χ3v) is 3.78. The molecule has 116 valence electrons.